The summed E-state index contributed by atoms with van der Waals surface area (Å²) in [6, 6.07) is 15.2. The van der Waals surface area contributed by atoms with E-state index in [9.17, 15) is 0 Å². The minimum atomic E-state index is 0.396. The van der Waals surface area contributed by atoms with Crippen LogP contribution in [0.25, 0.3) is 0 Å². The molecule has 1 unspecified atom stereocenters. The highest BCUT2D eigenvalue weighted by Gasteiger charge is 2.06. The number of hydrogen-bond donors (Lipinski definition) is 2. The molecule has 2 aromatic rings. The summed E-state index contributed by atoms with van der Waals surface area (Å²) in [5.74, 6) is 0. The molecule has 0 amide bonds. The molecule has 2 rings (SSSR count). The SMILES string of the molecule is NCC(CCc1ccccc1)NCc1cccs1. The van der Waals surface area contributed by atoms with Gasteiger partial charge in [-0.15, -0.1) is 11.3 Å². The molecule has 1 atom stereocenters. The van der Waals surface area contributed by atoms with Crippen LogP contribution in [0.1, 0.15) is 16.9 Å². The van der Waals surface area contributed by atoms with Crippen LogP contribution in [0.15, 0.2) is 47.8 Å². The number of nitrogens with two attached hydrogens (primary N) is 1. The molecule has 3 heteroatoms. The zero-order chi connectivity index (χ0) is 12.6. The second kappa shape index (κ2) is 7.31. The Balaban J connectivity index is 1.75. The molecule has 1 heterocycles. The molecule has 0 fully saturated rings. The van der Waals surface area contributed by atoms with Crippen LogP contribution in [0.5, 0.6) is 0 Å². The molecule has 2 nitrogen and oxygen atoms in total. The Hall–Kier alpha value is -1.16. The summed E-state index contributed by atoms with van der Waals surface area (Å²) in [7, 11) is 0. The fourth-order valence-corrected chi connectivity index (χ4v) is 2.60. The first-order chi connectivity index (χ1) is 8.88. The smallest absolute Gasteiger partial charge is 0.0302 e. The van der Waals surface area contributed by atoms with Crippen LogP contribution >= 0.6 is 11.3 Å². The second-order valence-corrected chi connectivity index (χ2v) is 5.45. The third kappa shape index (κ3) is 4.26. The van der Waals surface area contributed by atoms with Crippen molar-refractivity contribution in [1.82, 2.24) is 5.32 Å². The topological polar surface area (TPSA) is 38.0 Å². The van der Waals surface area contributed by atoms with Gasteiger partial charge in [0.1, 0.15) is 0 Å². The van der Waals surface area contributed by atoms with E-state index in [1.54, 1.807) is 11.3 Å². The van der Waals surface area contributed by atoms with Crippen LogP contribution < -0.4 is 11.1 Å². The first kappa shape index (κ1) is 13.3. The van der Waals surface area contributed by atoms with Gasteiger partial charge >= 0.3 is 0 Å². The summed E-state index contributed by atoms with van der Waals surface area (Å²) in [5, 5.41) is 5.64. The maximum absolute atomic E-state index is 5.82. The summed E-state index contributed by atoms with van der Waals surface area (Å²) < 4.78 is 0. The van der Waals surface area contributed by atoms with Gasteiger partial charge in [-0.05, 0) is 29.9 Å². The molecule has 1 aromatic heterocycles. The highest BCUT2D eigenvalue weighted by molar-refractivity contribution is 7.09. The fourth-order valence-electron chi connectivity index (χ4n) is 1.95. The van der Waals surface area contributed by atoms with Crippen molar-refractivity contribution < 1.29 is 0 Å². The quantitative estimate of drug-likeness (QED) is 0.803. The van der Waals surface area contributed by atoms with E-state index < -0.39 is 0 Å². The molecular weight excluding hydrogens is 240 g/mol. The van der Waals surface area contributed by atoms with E-state index in [-0.39, 0.29) is 0 Å². The fraction of sp³-hybridized carbons (Fsp3) is 0.333. The molecule has 3 N–H and O–H groups in total. The van der Waals surface area contributed by atoms with E-state index in [4.69, 9.17) is 5.73 Å². The summed E-state index contributed by atoms with van der Waals surface area (Å²) >= 11 is 1.79. The van der Waals surface area contributed by atoms with Gasteiger partial charge in [0, 0.05) is 24.0 Å². The van der Waals surface area contributed by atoms with Gasteiger partial charge in [0.25, 0.3) is 0 Å². The molecule has 0 radical (unpaired) electrons. The molecule has 1 aromatic carbocycles. The van der Waals surface area contributed by atoms with Gasteiger partial charge in [-0.3, -0.25) is 0 Å². The van der Waals surface area contributed by atoms with Crippen LogP contribution in [0.3, 0.4) is 0 Å². The summed E-state index contributed by atoms with van der Waals surface area (Å²) in [6.45, 7) is 1.62. The second-order valence-electron chi connectivity index (χ2n) is 4.42. The largest absolute Gasteiger partial charge is 0.329 e. The first-order valence-corrected chi connectivity index (χ1v) is 7.26. The Morgan fingerprint density at radius 3 is 2.61 bits per heavy atom. The van der Waals surface area contributed by atoms with Gasteiger partial charge in [0.15, 0.2) is 0 Å². The Morgan fingerprint density at radius 1 is 1.11 bits per heavy atom. The molecule has 18 heavy (non-hydrogen) atoms. The number of hydrogen-bond acceptors (Lipinski definition) is 3. The van der Waals surface area contributed by atoms with E-state index >= 15 is 0 Å². The molecule has 0 bridgehead atoms. The predicted octanol–water partition coefficient (Wildman–Crippen LogP) is 2.80. The zero-order valence-corrected chi connectivity index (χ0v) is 11.3. The van der Waals surface area contributed by atoms with Gasteiger partial charge in [-0.25, -0.2) is 0 Å². The van der Waals surface area contributed by atoms with Crippen molar-refractivity contribution >= 4 is 11.3 Å². The number of nitrogens with one attached hydrogen (secondary N) is 1. The normalized spacial score (nSPS) is 12.5. The average molecular weight is 260 g/mol. The molecule has 96 valence electrons. The number of benzene rings is 1. The van der Waals surface area contributed by atoms with Crippen LogP contribution in [0, 0.1) is 0 Å². The minimum absolute atomic E-state index is 0.396. The molecule has 0 saturated heterocycles. The molecule has 0 spiro atoms. The molecule has 0 aliphatic heterocycles. The highest BCUT2D eigenvalue weighted by Crippen LogP contribution is 2.09. The lowest BCUT2D eigenvalue weighted by atomic mass is 10.1. The lowest BCUT2D eigenvalue weighted by molar-refractivity contribution is 0.489. The molecule has 0 saturated carbocycles. The number of aryl methyl sites for hydroxylation is 1. The number of rotatable bonds is 7. The van der Waals surface area contributed by atoms with Gasteiger partial charge < -0.3 is 11.1 Å². The van der Waals surface area contributed by atoms with E-state index in [0.717, 1.165) is 19.4 Å². The van der Waals surface area contributed by atoms with Gasteiger partial charge in [0.2, 0.25) is 0 Å². The van der Waals surface area contributed by atoms with Gasteiger partial charge in [-0.2, -0.15) is 0 Å². The summed E-state index contributed by atoms with van der Waals surface area (Å²) in [5.41, 5.74) is 7.20. The summed E-state index contributed by atoms with van der Waals surface area (Å²) in [6.07, 6.45) is 2.17. The van der Waals surface area contributed by atoms with Gasteiger partial charge in [0.05, 0.1) is 0 Å². The zero-order valence-electron chi connectivity index (χ0n) is 10.5. The Morgan fingerprint density at radius 2 is 1.94 bits per heavy atom. The molecule has 0 aliphatic carbocycles. The standard InChI is InChI=1S/C15H20N2S/c16-11-14(17-12-15-7-4-10-18-15)9-8-13-5-2-1-3-6-13/h1-7,10,14,17H,8-9,11-12,16H2. The maximum atomic E-state index is 5.82. The van der Waals surface area contributed by atoms with E-state index in [0.29, 0.717) is 12.6 Å². The molecule has 0 aliphatic rings. The Bertz CT molecular complexity index is 425. The predicted molar refractivity (Wildman–Crippen MR) is 78.8 cm³/mol. The Labute approximate surface area is 113 Å². The first-order valence-electron chi connectivity index (χ1n) is 6.38. The van der Waals surface area contributed by atoms with E-state index in [2.05, 4.69) is 53.2 Å². The van der Waals surface area contributed by atoms with Crippen molar-refractivity contribution in [3.8, 4) is 0 Å². The third-order valence-corrected chi connectivity index (χ3v) is 3.93. The van der Waals surface area contributed by atoms with Crippen molar-refractivity contribution in [3.05, 3.63) is 58.3 Å². The third-order valence-electron chi connectivity index (χ3n) is 3.05. The van der Waals surface area contributed by atoms with E-state index in [1.807, 2.05) is 0 Å². The summed E-state index contributed by atoms with van der Waals surface area (Å²) in [4.78, 5) is 1.37. The maximum Gasteiger partial charge on any atom is 0.0302 e. The van der Waals surface area contributed by atoms with Crippen molar-refractivity contribution in [1.29, 1.82) is 0 Å². The van der Waals surface area contributed by atoms with Crippen LogP contribution in [0.2, 0.25) is 0 Å². The van der Waals surface area contributed by atoms with Gasteiger partial charge in [-0.1, -0.05) is 36.4 Å². The van der Waals surface area contributed by atoms with Crippen LogP contribution in [-0.2, 0) is 13.0 Å². The highest BCUT2D eigenvalue weighted by atomic mass is 32.1. The number of thiophene rings is 1. The lowest BCUT2D eigenvalue weighted by Crippen LogP contribution is -2.35. The van der Waals surface area contributed by atoms with Crippen molar-refractivity contribution in [2.45, 2.75) is 25.4 Å². The van der Waals surface area contributed by atoms with Crippen molar-refractivity contribution in [2.75, 3.05) is 6.54 Å². The monoisotopic (exact) mass is 260 g/mol. The Kier molecular flexibility index (Phi) is 5.39. The van der Waals surface area contributed by atoms with Crippen molar-refractivity contribution in [2.24, 2.45) is 5.73 Å². The van der Waals surface area contributed by atoms with E-state index in [1.165, 1.54) is 10.4 Å². The van der Waals surface area contributed by atoms with Crippen LogP contribution in [-0.4, -0.2) is 12.6 Å². The van der Waals surface area contributed by atoms with Crippen molar-refractivity contribution in [3.63, 3.8) is 0 Å². The average Bonchev–Trinajstić information content (AvgIpc) is 2.93. The molecular formula is C15H20N2S. The minimum Gasteiger partial charge on any atom is -0.329 e. The lowest BCUT2D eigenvalue weighted by Gasteiger charge is -2.16. The van der Waals surface area contributed by atoms with Crippen LogP contribution in [0.4, 0.5) is 0 Å².